The number of aliphatic carboxylic acids is 1. The Morgan fingerprint density at radius 1 is 1.15 bits per heavy atom. The molecule has 1 N–H and O–H groups in total. The molecule has 1 aromatic carbocycles. The van der Waals surface area contributed by atoms with Gasteiger partial charge in [0.2, 0.25) is 0 Å². The van der Waals surface area contributed by atoms with Gasteiger partial charge in [-0.15, -0.1) is 0 Å². The summed E-state index contributed by atoms with van der Waals surface area (Å²) >= 11 is 0. The van der Waals surface area contributed by atoms with Gasteiger partial charge in [-0.3, -0.25) is 4.79 Å². The van der Waals surface area contributed by atoms with E-state index in [4.69, 9.17) is 0 Å². The number of carbonyl (C=O) groups excluding carboxylic acids is 1. The minimum absolute atomic E-state index is 0.173. The molecule has 1 amide bonds. The van der Waals surface area contributed by atoms with E-state index in [0.29, 0.717) is 24.2 Å². The highest BCUT2D eigenvalue weighted by atomic mass is 16.4. The van der Waals surface area contributed by atoms with E-state index in [1.54, 1.807) is 30.9 Å². The van der Waals surface area contributed by atoms with Crippen LogP contribution in [0.4, 0.5) is 0 Å². The van der Waals surface area contributed by atoms with E-state index in [2.05, 4.69) is 0 Å². The molecular weight excluding hydrogens is 254 g/mol. The molecule has 4 nitrogen and oxygen atoms in total. The van der Waals surface area contributed by atoms with Crippen LogP contribution < -0.4 is 0 Å². The molecule has 106 valence electrons. The van der Waals surface area contributed by atoms with Crippen molar-refractivity contribution in [2.24, 2.45) is 5.92 Å². The molecule has 1 aromatic rings. The van der Waals surface area contributed by atoms with Gasteiger partial charge in [0, 0.05) is 13.1 Å². The predicted octanol–water partition coefficient (Wildman–Crippen LogP) is 2.41. The Labute approximate surface area is 118 Å². The zero-order chi connectivity index (χ0) is 14.7. The highest BCUT2D eigenvalue weighted by Crippen LogP contribution is 2.28. The number of hydrogen-bond acceptors (Lipinski definition) is 2. The van der Waals surface area contributed by atoms with Gasteiger partial charge in [0.1, 0.15) is 0 Å². The molecule has 0 atom stereocenters. The summed E-state index contributed by atoms with van der Waals surface area (Å²) in [6, 6.07) is 9.07. The van der Waals surface area contributed by atoms with Crippen LogP contribution in [0.15, 0.2) is 35.9 Å². The van der Waals surface area contributed by atoms with Crippen LogP contribution in [0.1, 0.15) is 25.8 Å². The monoisotopic (exact) mass is 273 g/mol. The second-order valence-corrected chi connectivity index (χ2v) is 5.26. The van der Waals surface area contributed by atoms with Crippen LogP contribution in [0.2, 0.25) is 0 Å². The van der Waals surface area contributed by atoms with Crippen LogP contribution in [0.3, 0.4) is 0 Å². The summed E-state index contributed by atoms with van der Waals surface area (Å²) in [6.07, 6.45) is 0.984. The van der Waals surface area contributed by atoms with Gasteiger partial charge in [-0.2, -0.15) is 0 Å². The Kier molecular flexibility index (Phi) is 4.23. The number of rotatable bonds is 4. The van der Waals surface area contributed by atoms with Crippen molar-refractivity contribution in [1.82, 2.24) is 4.90 Å². The topological polar surface area (TPSA) is 57.6 Å². The lowest BCUT2D eigenvalue weighted by molar-refractivity contribution is -0.134. The average Bonchev–Trinajstić information content (AvgIpc) is 2.33. The molecule has 2 rings (SSSR count). The summed E-state index contributed by atoms with van der Waals surface area (Å²) in [4.78, 5) is 25.8. The van der Waals surface area contributed by atoms with Crippen molar-refractivity contribution in [2.75, 3.05) is 13.1 Å². The fourth-order valence-electron chi connectivity index (χ4n) is 2.32. The maximum absolute atomic E-state index is 12.6. The maximum Gasteiger partial charge on any atom is 0.332 e. The third-order valence-corrected chi connectivity index (χ3v) is 3.50. The summed E-state index contributed by atoms with van der Waals surface area (Å²) < 4.78 is 0. The minimum atomic E-state index is -1.02. The second kappa shape index (κ2) is 5.90. The second-order valence-electron chi connectivity index (χ2n) is 5.26. The molecule has 20 heavy (non-hydrogen) atoms. The molecule has 4 heteroatoms. The van der Waals surface area contributed by atoms with E-state index < -0.39 is 5.97 Å². The van der Waals surface area contributed by atoms with Crippen LogP contribution in [0, 0.1) is 5.92 Å². The largest absolute Gasteiger partial charge is 0.478 e. The van der Waals surface area contributed by atoms with Gasteiger partial charge in [0.25, 0.3) is 5.91 Å². The minimum Gasteiger partial charge on any atom is -0.478 e. The average molecular weight is 273 g/mol. The lowest BCUT2D eigenvalue weighted by Gasteiger charge is -2.32. The molecule has 0 radical (unpaired) electrons. The Balaban J connectivity index is 2.56. The molecule has 0 bridgehead atoms. The third kappa shape index (κ3) is 2.74. The normalized spacial score (nSPS) is 15.7. The van der Waals surface area contributed by atoms with E-state index in [0.717, 1.165) is 6.42 Å². The number of likely N-dealkylation sites (tertiary alicyclic amines) is 1. The first-order valence-corrected chi connectivity index (χ1v) is 6.84. The Morgan fingerprint density at radius 2 is 1.75 bits per heavy atom. The summed E-state index contributed by atoms with van der Waals surface area (Å²) in [5.74, 6) is -1.41. The molecule has 0 aromatic heterocycles. The van der Waals surface area contributed by atoms with Crippen molar-refractivity contribution in [2.45, 2.75) is 20.3 Å². The fraction of sp³-hybridized carbons (Fsp3) is 0.375. The van der Waals surface area contributed by atoms with Gasteiger partial charge in [-0.25, -0.2) is 4.79 Å². The SMILES string of the molecule is CC(C)/C(C(=O)O)=C(\C(=O)N1CCC1)c1ccccc1. The van der Waals surface area contributed by atoms with Crippen molar-refractivity contribution in [1.29, 1.82) is 0 Å². The molecule has 0 spiro atoms. The molecular formula is C16H19NO3. The third-order valence-electron chi connectivity index (χ3n) is 3.50. The molecule has 0 saturated carbocycles. The van der Waals surface area contributed by atoms with Crippen molar-refractivity contribution >= 4 is 17.4 Å². The van der Waals surface area contributed by atoms with Gasteiger partial charge in [0.15, 0.2) is 0 Å². The molecule has 0 aliphatic carbocycles. The number of carbonyl (C=O) groups is 2. The molecule has 0 unspecified atom stereocenters. The molecule has 1 heterocycles. The Bertz CT molecular complexity index is 542. The molecule has 1 aliphatic rings. The maximum atomic E-state index is 12.6. The fourth-order valence-corrected chi connectivity index (χ4v) is 2.32. The number of nitrogens with zero attached hydrogens (tertiary/aromatic N) is 1. The van der Waals surface area contributed by atoms with Crippen LogP contribution in [0.25, 0.3) is 5.57 Å². The number of benzene rings is 1. The molecule has 1 fully saturated rings. The van der Waals surface area contributed by atoms with Crippen LogP contribution >= 0.6 is 0 Å². The van der Waals surface area contributed by atoms with Gasteiger partial charge >= 0.3 is 5.97 Å². The van der Waals surface area contributed by atoms with E-state index in [1.165, 1.54) is 0 Å². The first-order valence-electron chi connectivity index (χ1n) is 6.84. The predicted molar refractivity (Wildman–Crippen MR) is 77.0 cm³/mol. The van der Waals surface area contributed by atoms with E-state index in [1.807, 2.05) is 18.2 Å². The first-order chi connectivity index (χ1) is 9.52. The molecule has 1 aliphatic heterocycles. The summed E-state index contributed by atoms with van der Waals surface area (Å²) in [5.41, 5.74) is 1.19. The summed E-state index contributed by atoms with van der Waals surface area (Å²) in [5, 5.41) is 9.47. The standard InChI is InChI=1S/C16H19NO3/c1-11(2)13(16(19)20)14(12-7-4-3-5-8-12)15(18)17-9-6-10-17/h3-5,7-8,11H,6,9-10H2,1-2H3,(H,19,20)/b14-13+. The number of carboxylic acid groups (broad SMARTS) is 1. The number of carboxylic acids is 1. The number of hydrogen-bond donors (Lipinski definition) is 1. The van der Waals surface area contributed by atoms with E-state index >= 15 is 0 Å². The van der Waals surface area contributed by atoms with E-state index in [9.17, 15) is 14.7 Å². The van der Waals surface area contributed by atoms with Gasteiger partial charge in [-0.05, 0) is 17.9 Å². The van der Waals surface area contributed by atoms with Crippen molar-refractivity contribution < 1.29 is 14.7 Å². The van der Waals surface area contributed by atoms with Crippen molar-refractivity contribution in [3.05, 3.63) is 41.5 Å². The Morgan fingerprint density at radius 3 is 2.15 bits per heavy atom. The van der Waals surface area contributed by atoms with Gasteiger partial charge in [-0.1, -0.05) is 44.2 Å². The highest BCUT2D eigenvalue weighted by Gasteiger charge is 2.30. The zero-order valence-electron chi connectivity index (χ0n) is 11.8. The van der Waals surface area contributed by atoms with Crippen molar-refractivity contribution in [3.8, 4) is 0 Å². The molecule has 1 saturated heterocycles. The van der Waals surface area contributed by atoms with Gasteiger partial charge in [0.05, 0.1) is 11.1 Å². The van der Waals surface area contributed by atoms with Crippen LogP contribution in [-0.2, 0) is 9.59 Å². The summed E-state index contributed by atoms with van der Waals surface area (Å²) in [6.45, 7) is 5.02. The van der Waals surface area contributed by atoms with E-state index in [-0.39, 0.29) is 17.4 Å². The van der Waals surface area contributed by atoms with Crippen LogP contribution in [-0.4, -0.2) is 35.0 Å². The van der Waals surface area contributed by atoms with Gasteiger partial charge < -0.3 is 10.0 Å². The summed E-state index contributed by atoms with van der Waals surface area (Å²) in [7, 11) is 0. The smallest absolute Gasteiger partial charge is 0.332 e. The number of amides is 1. The highest BCUT2D eigenvalue weighted by molar-refractivity contribution is 6.25. The Hall–Kier alpha value is -2.10. The zero-order valence-corrected chi connectivity index (χ0v) is 11.8. The first kappa shape index (κ1) is 14.3. The van der Waals surface area contributed by atoms with Crippen molar-refractivity contribution in [3.63, 3.8) is 0 Å². The lowest BCUT2D eigenvalue weighted by atomic mass is 9.91. The lowest BCUT2D eigenvalue weighted by Crippen LogP contribution is -2.43. The quantitative estimate of drug-likeness (QED) is 0.857. The van der Waals surface area contributed by atoms with Crippen LogP contribution in [0.5, 0.6) is 0 Å².